The first kappa shape index (κ1) is 18.3. The molecule has 0 bridgehead atoms. The van der Waals surface area contributed by atoms with Crippen LogP contribution in [0.1, 0.15) is 11.1 Å². The number of aliphatic hydroxyl groups excluding tert-OH is 1. The van der Waals surface area contributed by atoms with Crippen LogP contribution in [0.4, 0.5) is 0 Å². The molecule has 1 unspecified atom stereocenters. The Morgan fingerprint density at radius 1 is 1.00 bits per heavy atom. The average Bonchev–Trinajstić information content (AvgIpc) is 2.62. The van der Waals surface area contributed by atoms with Crippen LogP contribution >= 0.6 is 0 Å². The Hall–Kier alpha value is -2.08. The number of hydrogen-bond acceptors (Lipinski definition) is 5. The summed E-state index contributed by atoms with van der Waals surface area (Å²) in [6.07, 6.45) is 0.0362. The summed E-state index contributed by atoms with van der Waals surface area (Å²) >= 11 is 0. The van der Waals surface area contributed by atoms with E-state index in [-0.39, 0.29) is 6.04 Å². The molecule has 5 nitrogen and oxygen atoms in total. The highest BCUT2D eigenvalue weighted by Crippen LogP contribution is 2.22. The molecule has 0 fully saturated rings. The largest absolute Gasteiger partial charge is 0.497 e. The molecule has 2 atom stereocenters. The van der Waals surface area contributed by atoms with E-state index in [1.165, 1.54) is 0 Å². The molecule has 0 heterocycles. The molecule has 2 aromatic rings. The summed E-state index contributed by atoms with van der Waals surface area (Å²) in [4.78, 5) is 0. The first-order chi connectivity index (χ1) is 11.6. The Morgan fingerprint density at radius 2 is 1.62 bits per heavy atom. The molecule has 2 aromatic carbocycles. The molecule has 5 heteroatoms. The topological polar surface area (TPSA) is 76.7 Å². The van der Waals surface area contributed by atoms with E-state index in [0.29, 0.717) is 19.5 Å². The lowest BCUT2D eigenvalue weighted by Crippen LogP contribution is -2.42. The first-order valence-corrected chi connectivity index (χ1v) is 8.02. The molecule has 24 heavy (non-hydrogen) atoms. The molecule has 0 radical (unpaired) electrons. The molecule has 0 amide bonds. The standard InChI is InChI=1S/C19H26N2O3/c1-23-16-8-15(9-17(11-16)24-2)12-21-13-19(22)18(20)10-14-6-4-3-5-7-14/h3-9,11,18-19,21-22H,10,12-13,20H2,1-2H3/t18?,19-/m0/s1. The third-order valence-electron chi connectivity index (χ3n) is 3.90. The van der Waals surface area contributed by atoms with Gasteiger partial charge >= 0.3 is 0 Å². The summed E-state index contributed by atoms with van der Waals surface area (Å²) in [5, 5.41) is 13.5. The van der Waals surface area contributed by atoms with Crippen LogP contribution in [0.15, 0.2) is 48.5 Å². The second-order valence-electron chi connectivity index (χ2n) is 5.77. The first-order valence-electron chi connectivity index (χ1n) is 8.02. The number of aliphatic hydroxyl groups is 1. The second-order valence-corrected chi connectivity index (χ2v) is 5.77. The number of hydrogen-bond donors (Lipinski definition) is 3. The van der Waals surface area contributed by atoms with Crippen LogP contribution in [-0.4, -0.2) is 38.0 Å². The van der Waals surface area contributed by atoms with Crippen LogP contribution in [0, 0.1) is 0 Å². The fourth-order valence-electron chi connectivity index (χ4n) is 2.51. The molecule has 0 aliphatic rings. The number of ether oxygens (including phenoxy) is 2. The predicted octanol–water partition coefficient (Wildman–Crippen LogP) is 1.72. The molecule has 130 valence electrons. The maximum atomic E-state index is 10.2. The molecular weight excluding hydrogens is 304 g/mol. The number of nitrogens with two attached hydrogens (primary N) is 1. The Morgan fingerprint density at radius 3 is 2.21 bits per heavy atom. The Bertz CT molecular complexity index is 597. The van der Waals surface area contributed by atoms with Crippen molar-refractivity contribution in [3.05, 3.63) is 59.7 Å². The van der Waals surface area contributed by atoms with Crippen LogP contribution in [0.25, 0.3) is 0 Å². The minimum Gasteiger partial charge on any atom is -0.497 e. The SMILES string of the molecule is COc1cc(CNC[C@H](O)C(N)Cc2ccccc2)cc(OC)c1. The molecular formula is C19H26N2O3. The fraction of sp³-hybridized carbons (Fsp3) is 0.368. The lowest BCUT2D eigenvalue weighted by atomic mass is 10.0. The summed E-state index contributed by atoms with van der Waals surface area (Å²) in [5.41, 5.74) is 8.24. The van der Waals surface area contributed by atoms with Gasteiger partial charge in [-0.25, -0.2) is 0 Å². The van der Waals surface area contributed by atoms with Crippen molar-refractivity contribution >= 4 is 0 Å². The minimum atomic E-state index is -0.613. The van der Waals surface area contributed by atoms with E-state index < -0.39 is 6.10 Å². The minimum absolute atomic E-state index is 0.306. The van der Waals surface area contributed by atoms with E-state index in [4.69, 9.17) is 15.2 Å². The smallest absolute Gasteiger partial charge is 0.122 e. The van der Waals surface area contributed by atoms with Crippen molar-refractivity contribution in [2.45, 2.75) is 25.1 Å². The highest BCUT2D eigenvalue weighted by Gasteiger charge is 2.15. The molecule has 0 saturated carbocycles. The maximum absolute atomic E-state index is 10.2. The van der Waals surface area contributed by atoms with Gasteiger partial charge < -0.3 is 25.6 Å². The van der Waals surface area contributed by atoms with E-state index in [2.05, 4.69) is 5.32 Å². The third-order valence-corrected chi connectivity index (χ3v) is 3.90. The molecule has 0 aliphatic carbocycles. The molecule has 0 saturated heterocycles. The van der Waals surface area contributed by atoms with Crippen LogP contribution in [0.3, 0.4) is 0 Å². The average molecular weight is 330 g/mol. The van der Waals surface area contributed by atoms with Gasteiger partial charge in [-0.15, -0.1) is 0 Å². The Kier molecular flexibility index (Phi) is 7.06. The van der Waals surface area contributed by atoms with Crippen LogP contribution in [0.5, 0.6) is 11.5 Å². The highest BCUT2D eigenvalue weighted by atomic mass is 16.5. The highest BCUT2D eigenvalue weighted by molar-refractivity contribution is 5.38. The number of methoxy groups -OCH3 is 2. The van der Waals surface area contributed by atoms with Gasteiger partial charge in [-0.05, 0) is 29.7 Å². The van der Waals surface area contributed by atoms with Gasteiger partial charge in [0, 0.05) is 25.2 Å². The van der Waals surface area contributed by atoms with Crippen molar-refractivity contribution in [2.24, 2.45) is 5.73 Å². The zero-order valence-corrected chi connectivity index (χ0v) is 14.2. The van der Waals surface area contributed by atoms with Crippen LogP contribution in [-0.2, 0) is 13.0 Å². The van der Waals surface area contributed by atoms with E-state index in [1.54, 1.807) is 14.2 Å². The van der Waals surface area contributed by atoms with Gasteiger partial charge in [0.25, 0.3) is 0 Å². The summed E-state index contributed by atoms with van der Waals surface area (Å²) in [6, 6.07) is 15.3. The summed E-state index contributed by atoms with van der Waals surface area (Å²) in [5.74, 6) is 1.49. The van der Waals surface area contributed by atoms with Gasteiger partial charge in [-0.3, -0.25) is 0 Å². The fourth-order valence-corrected chi connectivity index (χ4v) is 2.51. The normalized spacial score (nSPS) is 13.3. The Labute approximate surface area is 143 Å². The number of nitrogens with one attached hydrogen (secondary N) is 1. The lowest BCUT2D eigenvalue weighted by molar-refractivity contribution is 0.141. The maximum Gasteiger partial charge on any atom is 0.122 e. The van der Waals surface area contributed by atoms with Crippen molar-refractivity contribution in [2.75, 3.05) is 20.8 Å². The van der Waals surface area contributed by atoms with Crippen molar-refractivity contribution < 1.29 is 14.6 Å². The number of benzene rings is 2. The van der Waals surface area contributed by atoms with Gasteiger partial charge in [0.1, 0.15) is 11.5 Å². The van der Waals surface area contributed by atoms with E-state index in [0.717, 1.165) is 22.6 Å². The molecule has 4 N–H and O–H groups in total. The van der Waals surface area contributed by atoms with Gasteiger partial charge in [-0.2, -0.15) is 0 Å². The zero-order chi connectivity index (χ0) is 17.4. The summed E-state index contributed by atoms with van der Waals surface area (Å²) in [7, 11) is 3.25. The zero-order valence-electron chi connectivity index (χ0n) is 14.2. The predicted molar refractivity (Wildman–Crippen MR) is 95.4 cm³/mol. The van der Waals surface area contributed by atoms with Crippen LogP contribution in [0.2, 0.25) is 0 Å². The van der Waals surface area contributed by atoms with E-state index in [1.807, 2.05) is 48.5 Å². The van der Waals surface area contributed by atoms with Crippen molar-refractivity contribution in [3.8, 4) is 11.5 Å². The van der Waals surface area contributed by atoms with Gasteiger partial charge in [-0.1, -0.05) is 30.3 Å². The van der Waals surface area contributed by atoms with E-state index in [9.17, 15) is 5.11 Å². The molecule has 0 aromatic heterocycles. The second kappa shape index (κ2) is 9.27. The Balaban J connectivity index is 1.82. The third kappa shape index (κ3) is 5.53. The monoisotopic (exact) mass is 330 g/mol. The number of rotatable bonds is 9. The van der Waals surface area contributed by atoms with Crippen LogP contribution < -0.4 is 20.5 Å². The van der Waals surface area contributed by atoms with Crippen molar-refractivity contribution in [3.63, 3.8) is 0 Å². The molecule has 2 rings (SSSR count). The van der Waals surface area contributed by atoms with Gasteiger partial charge in [0.05, 0.1) is 20.3 Å². The molecule has 0 aliphatic heterocycles. The van der Waals surface area contributed by atoms with Crippen molar-refractivity contribution in [1.82, 2.24) is 5.32 Å². The quantitative estimate of drug-likeness (QED) is 0.653. The van der Waals surface area contributed by atoms with E-state index >= 15 is 0 Å². The summed E-state index contributed by atoms with van der Waals surface area (Å²) in [6.45, 7) is 1.02. The molecule has 0 spiro atoms. The van der Waals surface area contributed by atoms with Gasteiger partial charge in [0.15, 0.2) is 0 Å². The van der Waals surface area contributed by atoms with Gasteiger partial charge in [0.2, 0.25) is 0 Å². The lowest BCUT2D eigenvalue weighted by Gasteiger charge is -2.19. The van der Waals surface area contributed by atoms with Crippen molar-refractivity contribution in [1.29, 1.82) is 0 Å². The summed E-state index contributed by atoms with van der Waals surface area (Å²) < 4.78 is 10.5.